The van der Waals surface area contributed by atoms with Crippen molar-refractivity contribution in [1.82, 2.24) is 0 Å². The van der Waals surface area contributed by atoms with Crippen LogP contribution in [0.1, 0.15) is 27.6 Å². The van der Waals surface area contributed by atoms with Gasteiger partial charge >= 0.3 is 0 Å². The minimum atomic E-state index is -0.558. The van der Waals surface area contributed by atoms with Crippen LogP contribution in [0.4, 0.5) is 17.1 Å². The molecule has 8 nitrogen and oxygen atoms in total. The maximum atomic E-state index is 12.6. The molecule has 8 heteroatoms. The summed E-state index contributed by atoms with van der Waals surface area (Å²) in [6.07, 6.45) is 0. The number of nitrogens with one attached hydrogen (secondary N) is 2. The molecule has 0 saturated heterocycles. The lowest BCUT2D eigenvalue weighted by Crippen LogP contribution is -2.17. The van der Waals surface area contributed by atoms with E-state index >= 15 is 0 Å². The third-order valence-electron chi connectivity index (χ3n) is 3.63. The number of carbonyl (C=O) groups is 2. The molecule has 0 atom stereocenters. The highest BCUT2D eigenvalue weighted by atomic mass is 16.6. The van der Waals surface area contributed by atoms with Crippen LogP contribution in [0.2, 0.25) is 0 Å². The van der Waals surface area contributed by atoms with Crippen molar-refractivity contribution < 1.29 is 19.2 Å². The van der Waals surface area contributed by atoms with Gasteiger partial charge in [-0.15, -0.1) is 0 Å². The number of anilines is 2. The average molecular weight is 357 g/mol. The van der Waals surface area contributed by atoms with Crippen molar-refractivity contribution in [2.45, 2.75) is 6.92 Å². The molecule has 26 heavy (non-hydrogen) atoms. The molecule has 0 saturated carbocycles. The summed E-state index contributed by atoms with van der Waals surface area (Å²) in [6.45, 7) is 2.32. The van der Waals surface area contributed by atoms with E-state index in [9.17, 15) is 19.7 Å². The van der Waals surface area contributed by atoms with E-state index in [0.717, 1.165) is 0 Å². The van der Waals surface area contributed by atoms with Crippen LogP contribution in [-0.2, 0) is 4.74 Å². The number of nitrogens with zero attached hydrogens (tertiary/aromatic N) is 1. The van der Waals surface area contributed by atoms with Gasteiger partial charge in [-0.3, -0.25) is 19.7 Å². The molecule has 0 spiro atoms. The van der Waals surface area contributed by atoms with Gasteiger partial charge in [0.15, 0.2) is 5.78 Å². The molecule has 0 heterocycles. The lowest BCUT2D eigenvalue weighted by molar-refractivity contribution is -0.384. The Labute approximate surface area is 150 Å². The van der Waals surface area contributed by atoms with Crippen molar-refractivity contribution >= 4 is 28.8 Å². The summed E-state index contributed by atoms with van der Waals surface area (Å²) in [7, 11) is 1.55. The highest BCUT2D eigenvalue weighted by Crippen LogP contribution is 2.23. The number of hydrogen-bond donors (Lipinski definition) is 2. The van der Waals surface area contributed by atoms with Gasteiger partial charge in [-0.2, -0.15) is 0 Å². The van der Waals surface area contributed by atoms with Crippen LogP contribution in [0.3, 0.4) is 0 Å². The van der Waals surface area contributed by atoms with Crippen molar-refractivity contribution in [1.29, 1.82) is 0 Å². The Bertz CT molecular complexity index is 818. The summed E-state index contributed by atoms with van der Waals surface area (Å²) in [5, 5.41) is 16.7. The standard InChI is InChI=1S/C18H19N3O5/c1-12(22)13-3-5-14(6-4-13)20-18(23)16-11-15(21(24)25)7-8-17(16)19-9-10-26-2/h3-8,11,19H,9-10H2,1-2H3,(H,20,23). The number of amides is 1. The molecule has 0 bridgehead atoms. The van der Waals surface area contributed by atoms with Crippen LogP contribution >= 0.6 is 0 Å². The molecule has 2 rings (SSSR count). The number of carbonyl (C=O) groups excluding carboxylic acids is 2. The highest BCUT2D eigenvalue weighted by Gasteiger charge is 2.17. The Hall–Kier alpha value is -3.26. The zero-order valence-electron chi connectivity index (χ0n) is 14.4. The fourth-order valence-corrected chi connectivity index (χ4v) is 2.26. The van der Waals surface area contributed by atoms with E-state index in [1.807, 2.05) is 0 Å². The van der Waals surface area contributed by atoms with Crippen LogP contribution in [0.15, 0.2) is 42.5 Å². The molecule has 2 aromatic carbocycles. The van der Waals surface area contributed by atoms with E-state index in [0.29, 0.717) is 30.1 Å². The number of ether oxygens (including phenoxy) is 1. The largest absolute Gasteiger partial charge is 0.383 e. The first kappa shape index (κ1) is 19.1. The second kappa shape index (κ2) is 8.72. The molecule has 2 N–H and O–H groups in total. The topological polar surface area (TPSA) is 111 Å². The highest BCUT2D eigenvalue weighted by molar-refractivity contribution is 6.08. The minimum absolute atomic E-state index is 0.0776. The van der Waals surface area contributed by atoms with Crippen molar-refractivity contribution in [3.63, 3.8) is 0 Å². The molecule has 0 unspecified atom stereocenters. The maximum Gasteiger partial charge on any atom is 0.270 e. The molecule has 136 valence electrons. The van der Waals surface area contributed by atoms with Gasteiger partial charge in [0.25, 0.3) is 11.6 Å². The minimum Gasteiger partial charge on any atom is -0.383 e. The molecular weight excluding hydrogens is 338 g/mol. The Morgan fingerprint density at radius 2 is 1.85 bits per heavy atom. The molecule has 0 aliphatic rings. The van der Waals surface area contributed by atoms with Crippen LogP contribution in [0, 0.1) is 10.1 Å². The lowest BCUT2D eigenvalue weighted by atomic mass is 10.1. The number of Topliss-reactive ketones (excluding diaryl/α,β-unsaturated/α-hetero) is 1. The SMILES string of the molecule is COCCNc1ccc([N+](=O)[O-])cc1C(=O)Nc1ccc(C(C)=O)cc1. The summed E-state index contributed by atoms with van der Waals surface area (Å²) < 4.78 is 4.95. The van der Waals surface area contributed by atoms with Crippen molar-refractivity contribution in [3.05, 3.63) is 63.7 Å². The zero-order valence-corrected chi connectivity index (χ0v) is 14.4. The van der Waals surface area contributed by atoms with E-state index < -0.39 is 10.8 Å². The number of nitro groups is 1. The molecule has 1 amide bonds. The lowest BCUT2D eigenvalue weighted by Gasteiger charge is -2.12. The molecule has 0 radical (unpaired) electrons. The predicted octanol–water partition coefficient (Wildman–Crippen LogP) is 3.11. The van der Waals surface area contributed by atoms with Gasteiger partial charge in [-0.1, -0.05) is 0 Å². The number of methoxy groups -OCH3 is 1. The second-order valence-corrected chi connectivity index (χ2v) is 5.49. The van der Waals surface area contributed by atoms with Gasteiger partial charge in [0.1, 0.15) is 0 Å². The summed E-state index contributed by atoms with van der Waals surface area (Å²) in [4.78, 5) is 34.3. The number of ketones is 1. The Morgan fingerprint density at radius 3 is 2.42 bits per heavy atom. The molecule has 2 aromatic rings. The smallest absolute Gasteiger partial charge is 0.270 e. The molecule has 0 fully saturated rings. The van der Waals surface area contributed by atoms with Crippen LogP contribution < -0.4 is 10.6 Å². The molecular formula is C18H19N3O5. The third-order valence-corrected chi connectivity index (χ3v) is 3.63. The van der Waals surface area contributed by atoms with Gasteiger partial charge in [-0.05, 0) is 37.3 Å². The van der Waals surface area contributed by atoms with E-state index in [1.54, 1.807) is 31.4 Å². The van der Waals surface area contributed by atoms with Crippen LogP contribution in [0.5, 0.6) is 0 Å². The fraction of sp³-hybridized carbons (Fsp3) is 0.222. The molecule has 0 aromatic heterocycles. The van der Waals surface area contributed by atoms with E-state index in [-0.39, 0.29) is 17.0 Å². The molecule has 0 aliphatic carbocycles. The first-order valence-corrected chi connectivity index (χ1v) is 7.86. The summed E-state index contributed by atoms with van der Waals surface area (Å²) in [5.41, 5.74) is 1.44. The number of benzene rings is 2. The van der Waals surface area contributed by atoms with Gasteiger partial charge in [0.2, 0.25) is 0 Å². The van der Waals surface area contributed by atoms with Crippen LogP contribution in [-0.4, -0.2) is 36.9 Å². The van der Waals surface area contributed by atoms with Crippen molar-refractivity contribution in [2.75, 3.05) is 30.9 Å². The fourth-order valence-electron chi connectivity index (χ4n) is 2.26. The van der Waals surface area contributed by atoms with E-state index in [1.165, 1.54) is 25.1 Å². The van der Waals surface area contributed by atoms with Crippen molar-refractivity contribution in [3.8, 4) is 0 Å². The molecule has 0 aliphatic heterocycles. The Morgan fingerprint density at radius 1 is 1.15 bits per heavy atom. The second-order valence-electron chi connectivity index (χ2n) is 5.49. The van der Waals surface area contributed by atoms with Gasteiger partial charge < -0.3 is 15.4 Å². The number of hydrogen-bond acceptors (Lipinski definition) is 6. The first-order chi connectivity index (χ1) is 12.4. The quantitative estimate of drug-likeness (QED) is 0.325. The number of non-ortho nitro benzene ring substituents is 1. The predicted molar refractivity (Wildman–Crippen MR) is 97.9 cm³/mol. The maximum absolute atomic E-state index is 12.6. The zero-order chi connectivity index (χ0) is 19.1. The Balaban J connectivity index is 2.25. The number of rotatable bonds is 8. The summed E-state index contributed by atoms with van der Waals surface area (Å²) >= 11 is 0. The van der Waals surface area contributed by atoms with Gasteiger partial charge in [0, 0.05) is 42.7 Å². The number of nitro benzene ring substituents is 1. The monoisotopic (exact) mass is 357 g/mol. The summed E-state index contributed by atoms with van der Waals surface area (Å²) in [6, 6.07) is 10.4. The van der Waals surface area contributed by atoms with E-state index in [2.05, 4.69) is 10.6 Å². The summed E-state index contributed by atoms with van der Waals surface area (Å²) in [5.74, 6) is -0.574. The first-order valence-electron chi connectivity index (χ1n) is 7.86. The van der Waals surface area contributed by atoms with Crippen LogP contribution in [0.25, 0.3) is 0 Å². The van der Waals surface area contributed by atoms with Gasteiger partial charge in [0.05, 0.1) is 17.1 Å². The Kier molecular flexibility index (Phi) is 6.40. The normalized spacial score (nSPS) is 10.2. The third kappa shape index (κ3) is 4.87. The average Bonchev–Trinajstić information content (AvgIpc) is 2.62. The van der Waals surface area contributed by atoms with Gasteiger partial charge in [-0.25, -0.2) is 0 Å². The van der Waals surface area contributed by atoms with Crippen molar-refractivity contribution in [2.24, 2.45) is 0 Å². The van der Waals surface area contributed by atoms with E-state index in [4.69, 9.17) is 4.74 Å².